The second-order valence-electron chi connectivity index (χ2n) is 3.89. The Morgan fingerprint density at radius 1 is 1.50 bits per heavy atom. The van der Waals surface area contributed by atoms with Crippen molar-refractivity contribution in [3.05, 3.63) is 35.1 Å². The van der Waals surface area contributed by atoms with Crippen LogP contribution in [0.2, 0.25) is 0 Å². The highest BCUT2D eigenvalue weighted by atomic mass is 32.2. The predicted octanol–water partition coefficient (Wildman–Crippen LogP) is 2.02. The van der Waals surface area contributed by atoms with E-state index in [4.69, 9.17) is 10.8 Å². The molecule has 18 heavy (non-hydrogen) atoms. The Morgan fingerprint density at radius 2 is 2.17 bits per heavy atom. The van der Waals surface area contributed by atoms with Crippen LogP contribution in [-0.4, -0.2) is 22.2 Å². The molecule has 1 aromatic carbocycles. The standard InChI is InChI=1S/C12H14FNO3S/c1-7(4-11(15)16)18-6-9-3-2-8(12(14)17)5-10(9)13/h2-3,5,7H,4,6H2,1H3,(H2,14,17)(H,15,16). The van der Waals surface area contributed by atoms with E-state index in [2.05, 4.69) is 0 Å². The maximum Gasteiger partial charge on any atom is 0.304 e. The van der Waals surface area contributed by atoms with Crippen LogP contribution >= 0.6 is 11.8 Å². The first kappa shape index (κ1) is 14.5. The number of aliphatic carboxylic acids is 1. The summed E-state index contributed by atoms with van der Waals surface area (Å²) in [7, 11) is 0. The van der Waals surface area contributed by atoms with Gasteiger partial charge in [-0.25, -0.2) is 4.39 Å². The highest BCUT2D eigenvalue weighted by molar-refractivity contribution is 7.99. The lowest BCUT2D eigenvalue weighted by atomic mass is 10.1. The number of hydrogen-bond acceptors (Lipinski definition) is 3. The summed E-state index contributed by atoms with van der Waals surface area (Å²) in [6.07, 6.45) is 0.0334. The molecule has 0 aliphatic heterocycles. The highest BCUT2D eigenvalue weighted by Gasteiger charge is 2.11. The molecule has 1 amide bonds. The number of benzene rings is 1. The topological polar surface area (TPSA) is 80.4 Å². The fraction of sp³-hybridized carbons (Fsp3) is 0.333. The maximum atomic E-state index is 13.6. The van der Waals surface area contributed by atoms with E-state index in [9.17, 15) is 14.0 Å². The highest BCUT2D eigenvalue weighted by Crippen LogP contribution is 2.22. The van der Waals surface area contributed by atoms with Crippen molar-refractivity contribution in [2.45, 2.75) is 24.3 Å². The Morgan fingerprint density at radius 3 is 2.67 bits per heavy atom. The molecule has 0 heterocycles. The summed E-state index contributed by atoms with van der Waals surface area (Å²) in [5.74, 6) is -1.69. The van der Waals surface area contributed by atoms with Gasteiger partial charge < -0.3 is 10.8 Å². The molecular formula is C12H14FNO3S. The Bertz CT molecular complexity index is 465. The molecule has 1 rings (SSSR count). The van der Waals surface area contributed by atoms with Crippen LogP contribution in [0.5, 0.6) is 0 Å². The molecule has 1 unspecified atom stereocenters. The van der Waals surface area contributed by atoms with Gasteiger partial charge in [-0.15, -0.1) is 0 Å². The number of amides is 1. The molecule has 0 bridgehead atoms. The van der Waals surface area contributed by atoms with E-state index in [1.165, 1.54) is 23.9 Å². The molecule has 0 aliphatic carbocycles. The van der Waals surface area contributed by atoms with Gasteiger partial charge in [0.2, 0.25) is 5.91 Å². The van der Waals surface area contributed by atoms with E-state index in [1.807, 2.05) is 0 Å². The normalized spacial score (nSPS) is 12.1. The van der Waals surface area contributed by atoms with E-state index < -0.39 is 17.7 Å². The first-order valence-corrected chi connectivity index (χ1v) is 6.36. The third kappa shape index (κ3) is 4.37. The largest absolute Gasteiger partial charge is 0.481 e. The van der Waals surface area contributed by atoms with Gasteiger partial charge in [0.25, 0.3) is 0 Å². The number of carboxylic acid groups (broad SMARTS) is 1. The molecule has 0 aliphatic rings. The molecule has 0 aromatic heterocycles. The van der Waals surface area contributed by atoms with E-state index in [0.29, 0.717) is 11.3 Å². The maximum absolute atomic E-state index is 13.6. The summed E-state index contributed by atoms with van der Waals surface area (Å²) in [4.78, 5) is 21.3. The van der Waals surface area contributed by atoms with E-state index in [-0.39, 0.29) is 17.2 Å². The molecule has 6 heteroatoms. The van der Waals surface area contributed by atoms with Crippen LogP contribution in [0.25, 0.3) is 0 Å². The summed E-state index contributed by atoms with van der Waals surface area (Å²) >= 11 is 1.35. The van der Waals surface area contributed by atoms with Gasteiger partial charge in [0.15, 0.2) is 0 Å². The number of carboxylic acids is 1. The minimum absolute atomic E-state index is 0.0334. The van der Waals surface area contributed by atoms with Crippen LogP contribution in [0.1, 0.15) is 29.3 Å². The van der Waals surface area contributed by atoms with Crippen molar-refractivity contribution in [2.75, 3.05) is 0 Å². The monoisotopic (exact) mass is 271 g/mol. The van der Waals surface area contributed by atoms with Gasteiger partial charge in [0, 0.05) is 16.6 Å². The number of hydrogen-bond donors (Lipinski definition) is 2. The van der Waals surface area contributed by atoms with Crippen LogP contribution in [0, 0.1) is 5.82 Å². The van der Waals surface area contributed by atoms with Gasteiger partial charge >= 0.3 is 5.97 Å². The Kier molecular flexibility index (Phi) is 5.15. The Labute approximate surface area is 108 Å². The summed E-state index contributed by atoms with van der Waals surface area (Å²) in [6, 6.07) is 4.05. The smallest absolute Gasteiger partial charge is 0.304 e. The molecule has 1 atom stereocenters. The zero-order chi connectivity index (χ0) is 13.7. The summed E-state index contributed by atoms with van der Waals surface area (Å²) in [6.45, 7) is 1.77. The van der Waals surface area contributed by atoms with Crippen LogP contribution in [0.4, 0.5) is 4.39 Å². The SMILES string of the molecule is CC(CC(=O)O)SCc1ccc(C(N)=O)cc1F. The fourth-order valence-corrected chi connectivity index (χ4v) is 2.31. The van der Waals surface area contributed by atoms with Gasteiger partial charge in [0.05, 0.1) is 6.42 Å². The zero-order valence-corrected chi connectivity index (χ0v) is 10.7. The summed E-state index contributed by atoms with van der Waals surface area (Å²) in [5, 5.41) is 8.50. The summed E-state index contributed by atoms with van der Waals surface area (Å²) < 4.78 is 13.6. The van der Waals surface area contributed by atoms with Crippen molar-refractivity contribution in [3.63, 3.8) is 0 Å². The third-order valence-corrected chi connectivity index (χ3v) is 3.54. The molecule has 0 saturated heterocycles. The average molecular weight is 271 g/mol. The van der Waals surface area contributed by atoms with E-state index >= 15 is 0 Å². The molecule has 0 spiro atoms. The number of nitrogens with two attached hydrogens (primary N) is 1. The van der Waals surface area contributed by atoms with Crippen molar-refractivity contribution in [3.8, 4) is 0 Å². The second-order valence-corrected chi connectivity index (χ2v) is 5.32. The fourth-order valence-electron chi connectivity index (χ4n) is 1.35. The molecule has 0 radical (unpaired) electrons. The summed E-state index contributed by atoms with van der Waals surface area (Å²) in [5.41, 5.74) is 5.59. The van der Waals surface area contributed by atoms with Gasteiger partial charge in [-0.1, -0.05) is 13.0 Å². The zero-order valence-electron chi connectivity index (χ0n) is 9.85. The molecule has 0 fully saturated rings. The van der Waals surface area contributed by atoms with Gasteiger partial charge in [-0.05, 0) is 17.7 Å². The van der Waals surface area contributed by atoms with Gasteiger partial charge in [0.1, 0.15) is 5.82 Å². The number of halogens is 1. The van der Waals surface area contributed by atoms with Crippen molar-refractivity contribution < 1.29 is 19.1 Å². The molecule has 3 N–H and O–H groups in total. The number of thioether (sulfide) groups is 1. The lowest BCUT2D eigenvalue weighted by Gasteiger charge is -2.09. The number of carbonyl (C=O) groups excluding carboxylic acids is 1. The van der Waals surface area contributed by atoms with Gasteiger partial charge in [-0.3, -0.25) is 9.59 Å². The quantitative estimate of drug-likeness (QED) is 0.829. The van der Waals surface area contributed by atoms with E-state index in [1.54, 1.807) is 6.92 Å². The number of rotatable bonds is 6. The van der Waals surface area contributed by atoms with Crippen LogP contribution in [-0.2, 0) is 10.5 Å². The van der Waals surface area contributed by atoms with Crippen LogP contribution in [0.3, 0.4) is 0 Å². The minimum Gasteiger partial charge on any atom is -0.481 e. The van der Waals surface area contributed by atoms with E-state index in [0.717, 1.165) is 6.07 Å². The van der Waals surface area contributed by atoms with Gasteiger partial charge in [-0.2, -0.15) is 11.8 Å². The molecule has 1 aromatic rings. The van der Waals surface area contributed by atoms with Crippen molar-refractivity contribution in [1.29, 1.82) is 0 Å². The predicted molar refractivity (Wildman–Crippen MR) is 67.9 cm³/mol. The van der Waals surface area contributed by atoms with Crippen LogP contribution < -0.4 is 5.73 Å². The lowest BCUT2D eigenvalue weighted by molar-refractivity contribution is -0.136. The first-order chi connectivity index (χ1) is 8.40. The van der Waals surface area contributed by atoms with Crippen molar-refractivity contribution in [2.24, 2.45) is 5.73 Å². The third-order valence-electron chi connectivity index (χ3n) is 2.32. The molecule has 0 saturated carbocycles. The second kappa shape index (κ2) is 6.39. The average Bonchev–Trinajstić information content (AvgIpc) is 2.26. The molecular weight excluding hydrogens is 257 g/mol. The first-order valence-electron chi connectivity index (χ1n) is 5.31. The van der Waals surface area contributed by atoms with Crippen LogP contribution in [0.15, 0.2) is 18.2 Å². The minimum atomic E-state index is -0.875. The number of carbonyl (C=O) groups is 2. The molecule has 4 nitrogen and oxygen atoms in total. The van der Waals surface area contributed by atoms with Crippen molar-refractivity contribution >= 4 is 23.6 Å². The Balaban J connectivity index is 2.63. The molecule has 98 valence electrons. The lowest BCUT2D eigenvalue weighted by Crippen LogP contribution is -2.11. The Hall–Kier alpha value is -1.56. The van der Waals surface area contributed by atoms with Crippen molar-refractivity contribution in [1.82, 2.24) is 0 Å². The number of primary amides is 1.